The van der Waals surface area contributed by atoms with Crippen LogP contribution in [0.15, 0.2) is 51.7 Å². The predicted octanol–water partition coefficient (Wildman–Crippen LogP) is 6.33. The van der Waals surface area contributed by atoms with Crippen LogP contribution < -0.4 is 5.43 Å². The fourth-order valence-electron chi connectivity index (χ4n) is 1.41. The van der Waals surface area contributed by atoms with Gasteiger partial charge in [-0.1, -0.05) is 46.4 Å². The van der Waals surface area contributed by atoms with Crippen LogP contribution in [0.5, 0.6) is 0 Å². The highest BCUT2D eigenvalue weighted by Gasteiger charge is 2.01. The summed E-state index contributed by atoms with van der Waals surface area (Å²) in [4.78, 5) is 0. The van der Waals surface area contributed by atoms with Gasteiger partial charge in [0.15, 0.2) is 0 Å². The highest BCUT2D eigenvalue weighted by molar-refractivity contribution is 6.42. The summed E-state index contributed by atoms with van der Waals surface area (Å²) in [5.41, 5.74) is 3.64. The first-order valence-electron chi connectivity index (χ1n) is 6.05. The average Bonchev–Trinajstić information content (AvgIpc) is 2.54. The van der Waals surface area contributed by atoms with Crippen LogP contribution in [-0.2, 0) is 0 Å². The zero-order chi connectivity index (χ0) is 16.8. The Balaban J connectivity index is 2.12. The Labute approximate surface area is 152 Å². The second-order valence-corrected chi connectivity index (χ2v) is 5.72. The molecule has 0 heterocycles. The molecule has 0 aromatic heterocycles. The van der Waals surface area contributed by atoms with Crippen LogP contribution in [0, 0.1) is 11.3 Å². The fourth-order valence-corrected chi connectivity index (χ4v) is 2.00. The third-order valence-corrected chi connectivity index (χ3v) is 3.95. The van der Waals surface area contributed by atoms with Gasteiger partial charge in [-0.3, -0.25) is 5.43 Å². The Bertz CT molecular complexity index is 826. The molecule has 2 rings (SSSR count). The Morgan fingerprint density at radius 3 is 2.17 bits per heavy atom. The van der Waals surface area contributed by atoms with Crippen molar-refractivity contribution >= 4 is 63.6 Å². The predicted molar refractivity (Wildman–Crippen MR) is 94.1 cm³/mol. The highest BCUT2D eigenvalue weighted by atomic mass is 35.5. The minimum absolute atomic E-state index is 0.179. The van der Waals surface area contributed by atoms with Gasteiger partial charge in [-0.15, -0.1) is 15.3 Å². The first-order chi connectivity index (χ1) is 11.0. The number of halogens is 4. The molecule has 0 fully saturated rings. The molecule has 0 aliphatic carbocycles. The van der Waals surface area contributed by atoms with Crippen molar-refractivity contribution in [1.82, 2.24) is 0 Å². The topological polar surface area (TPSA) is 72.9 Å². The quantitative estimate of drug-likeness (QED) is 0.289. The van der Waals surface area contributed by atoms with Gasteiger partial charge in [0.2, 0.25) is 0 Å². The maximum absolute atomic E-state index is 9.01. The van der Waals surface area contributed by atoms with Gasteiger partial charge in [0.05, 0.1) is 31.5 Å². The third-order valence-electron chi connectivity index (χ3n) is 2.47. The molecule has 0 bridgehead atoms. The van der Waals surface area contributed by atoms with Crippen LogP contribution in [0.1, 0.15) is 0 Å². The zero-order valence-electron chi connectivity index (χ0n) is 11.3. The molecule has 9 heteroatoms. The normalized spacial score (nSPS) is 11.5. The standard InChI is InChI=1S/C14H7Cl4N5/c15-10-3-1-8(5-12(10)17)20-22-14(7-19)23-21-9-2-4-11(16)13(18)6-9/h1-6,20H/b22-14+,23-21?. The summed E-state index contributed by atoms with van der Waals surface area (Å²) in [6.45, 7) is 0. The van der Waals surface area contributed by atoms with Gasteiger partial charge >= 0.3 is 0 Å². The summed E-state index contributed by atoms with van der Waals surface area (Å²) in [6, 6.07) is 11.3. The lowest BCUT2D eigenvalue weighted by Crippen LogP contribution is -1.95. The van der Waals surface area contributed by atoms with Gasteiger partial charge in [0.1, 0.15) is 6.07 Å². The van der Waals surface area contributed by atoms with Crippen molar-refractivity contribution in [3.63, 3.8) is 0 Å². The minimum atomic E-state index is -0.179. The van der Waals surface area contributed by atoms with Gasteiger partial charge in [-0.2, -0.15) is 5.26 Å². The maximum atomic E-state index is 9.01. The summed E-state index contributed by atoms with van der Waals surface area (Å²) >= 11 is 23.4. The van der Waals surface area contributed by atoms with E-state index >= 15 is 0 Å². The van der Waals surface area contributed by atoms with E-state index in [-0.39, 0.29) is 5.84 Å². The summed E-state index contributed by atoms with van der Waals surface area (Å²) in [5, 5.41) is 22.0. The van der Waals surface area contributed by atoms with Crippen LogP contribution in [0.2, 0.25) is 20.1 Å². The van der Waals surface area contributed by atoms with Crippen molar-refractivity contribution < 1.29 is 0 Å². The molecule has 0 amide bonds. The number of benzene rings is 2. The molecule has 0 aliphatic rings. The average molecular weight is 387 g/mol. The first kappa shape index (κ1) is 17.5. The van der Waals surface area contributed by atoms with Crippen LogP contribution in [0.25, 0.3) is 0 Å². The number of hydrazone groups is 1. The number of nitrogens with zero attached hydrogens (tertiary/aromatic N) is 4. The molecule has 0 saturated carbocycles. The van der Waals surface area contributed by atoms with Crippen molar-refractivity contribution in [1.29, 1.82) is 5.26 Å². The molecule has 2 aromatic carbocycles. The molecule has 1 N–H and O–H groups in total. The van der Waals surface area contributed by atoms with Gasteiger partial charge in [-0.05, 0) is 36.4 Å². The van der Waals surface area contributed by atoms with Crippen molar-refractivity contribution in [2.24, 2.45) is 15.3 Å². The number of amidine groups is 1. The number of azo groups is 1. The molecule has 0 aliphatic heterocycles. The molecule has 116 valence electrons. The lowest BCUT2D eigenvalue weighted by Gasteiger charge is -2.01. The summed E-state index contributed by atoms with van der Waals surface area (Å²) in [7, 11) is 0. The van der Waals surface area contributed by atoms with E-state index in [0.29, 0.717) is 31.5 Å². The smallest absolute Gasteiger partial charge is 0.270 e. The molecule has 0 atom stereocenters. The van der Waals surface area contributed by atoms with E-state index in [0.717, 1.165) is 0 Å². The molecule has 0 radical (unpaired) electrons. The second kappa shape index (κ2) is 8.14. The number of nitrogens with one attached hydrogen (secondary N) is 1. The van der Waals surface area contributed by atoms with Gasteiger partial charge in [-0.25, -0.2) is 0 Å². The van der Waals surface area contributed by atoms with Crippen molar-refractivity contribution in [2.75, 3.05) is 5.43 Å². The minimum Gasteiger partial charge on any atom is -0.276 e. The molecule has 0 saturated heterocycles. The van der Waals surface area contributed by atoms with Crippen LogP contribution in [0.3, 0.4) is 0 Å². The zero-order valence-corrected chi connectivity index (χ0v) is 14.3. The molecular formula is C14H7Cl4N5. The SMILES string of the molecule is N#C/C(N=Nc1ccc(Cl)c(Cl)c1)=N\Nc1ccc(Cl)c(Cl)c1. The van der Waals surface area contributed by atoms with Gasteiger partial charge in [0, 0.05) is 0 Å². The van der Waals surface area contributed by atoms with E-state index in [4.69, 9.17) is 51.7 Å². The monoisotopic (exact) mass is 385 g/mol. The van der Waals surface area contributed by atoms with Crippen molar-refractivity contribution in [3.05, 3.63) is 56.5 Å². The van der Waals surface area contributed by atoms with Gasteiger partial charge in [0.25, 0.3) is 5.84 Å². The van der Waals surface area contributed by atoms with Crippen molar-refractivity contribution in [3.8, 4) is 6.07 Å². The molecule has 23 heavy (non-hydrogen) atoms. The summed E-state index contributed by atoms with van der Waals surface area (Å²) < 4.78 is 0. The van der Waals surface area contributed by atoms with E-state index in [1.54, 1.807) is 36.4 Å². The van der Waals surface area contributed by atoms with E-state index in [1.165, 1.54) is 6.07 Å². The Hall–Kier alpha value is -1.84. The van der Waals surface area contributed by atoms with Crippen molar-refractivity contribution in [2.45, 2.75) is 0 Å². The van der Waals surface area contributed by atoms with Crippen LogP contribution >= 0.6 is 46.4 Å². The molecule has 5 nitrogen and oxygen atoms in total. The van der Waals surface area contributed by atoms with E-state index in [2.05, 4.69) is 20.8 Å². The Morgan fingerprint density at radius 2 is 1.57 bits per heavy atom. The van der Waals surface area contributed by atoms with E-state index < -0.39 is 0 Å². The number of hydrogen-bond acceptors (Lipinski definition) is 4. The van der Waals surface area contributed by atoms with Crippen LogP contribution in [-0.4, -0.2) is 5.84 Å². The second-order valence-electron chi connectivity index (χ2n) is 4.09. The lowest BCUT2D eigenvalue weighted by atomic mass is 10.3. The summed E-state index contributed by atoms with van der Waals surface area (Å²) in [5.74, 6) is -0.179. The van der Waals surface area contributed by atoms with E-state index in [9.17, 15) is 0 Å². The molecule has 0 unspecified atom stereocenters. The number of anilines is 1. The highest BCUT2D eigenvalue weighted by Crippen LogP contribution is 2.27. The van der Waals surface area contributed by atoms with E-state index in [1.807, 2.05) is 0 Å². The Kier molecular flexibility index (Phi) is 6.20. The third kappa shape index (κ3) is 5.08. The number of hydrogen-bond donors (Lipinski definition) is 1. The molecule has 2 aromatic rings. The largest absolute Gasteiger partial charge is 0.276 e. The lowest BCUT2D eigenvalue weighted by molar-refractivity contribution is 1.23. The summed E-state index contributed by atoms with van der Waals surface area (Å²) in [6.07, 6.45) is 0. The van der Waals surface area contributed by atoms with Gasteiger partial charge < -0.3 is 0 Å². The van der Waals surface area contributed by atoms with Crippen LogP contribution in [0.4, 0.5) is 11.4 Å². The number of rotatable bonds is 3. The maximum Gasteiger partial charge on any atom is 0.270 e. The first-order valence-corrected chi connectivity index (χ1v) is 7.56. The molecule has 0 spiro atoms. The Morgan fingerprint density at radius 1 is 0.913 bits per heavy atom. The molecular weight excluding hydrogens is 380 g/mol. The number of nitriles is 1. The fraction of sp³-hybridized carbons (Fsp3) is 0.